The third kappa shape index (κ3) is 6.39. The van der Waals surface area contributed by atoms with Gasteiger partial charge in [0.2, 0.25) is 5.91 Å². The number of nitrogens with one attached hydrogen (secondary N) is 1. The second-order valence-corrected chi connectivity index (χ2v) is 6.02. The predicted molar refractivity (Wildman–Crippen MR) is 77.7 cm³/mol. The van der Waals surface area contributed by atoms with Crippen molar-refractivity contribution in [2.24, 2.45) is 17.1 Å². The maximum absolute atomic E-state index is 11.8. The molecule has 1 fully saturated rings. The van der Waals surface area contributed by atoms with E-state index in [0.29, 0.717) is 18.9 Å². The summed E-state index contributed by atoms with van der Waals surface area (Å²) in [5.74, 6) is 0.746. The van der Waals surface area contributed by atoms with Gasteiger partial charge in [-0.3, -0.25) is 4.79 Å². The fourth-order valence-electron chi connectivity index (χ4n) is 2.72. The maximum atomic E-state index is 11.8. The fraction of sp³-hybridized carbons (Fsp3) is 0.933. The van der Waals surface area contributed by atoms with Gasteiger partial charge in [0.1, 0.15) is 0 Å². The van der Waals surface area contributed by atoms with Crippen molar-refractivity contribution < 1.29 is 9.90 Å². The number of hydrogen-bond acceptors (Lipinski definition) is 3. The summed E-state index contributed by atoms with van der Waals surface area (Å²) in [6, 6.07) is 0. The number of aliphatic hydroxyl groups is 1. The number of rotatable bonds is 11. The van der Waals surface area contributed by atoms with Gasteiger partial charge in [-0.1, -0.05) is 19.8 Å². The van der Waals surface area contributed by atoms with E-state index < -0.39 is 0 Å². The molecule has 4 heteroatoms. The first kappa shape index (κ1) is 16.4. The Balaban J connectivity index is 2.16. The molecule has 0 saturated heterocycles. The molecule has 0 aromatic carbocycles. The van der Waals surface area contributed by atoms with Crippen LogP contribution in [0, 0.1) is 11.3 Å². The summed E-state index contributed by atoms with van der Waals surface area (Å²) in [6.07, 6.45) is 8.00. The highest BCUT2D eigenvalue weighted by molar-refractivity contribution is 5.75. The lowest BCUT2D eigenvalue weighted by Crippen LogP contribution is -2.31. The number of carbonyl (C=O) groups excluding carboxylic acids is 1. The first-order valence-corrected chi connectivity index (χ1v) is 7.73. The molecular weight excluding hydrogens is 240 g/mol. The van der Waals surface area contributed by atoms with Gasteiger partial charge < -0.3 is 16.2 Å². The Kier molecular flexibility index (Phi) is 7.39. The Labute approximate surface area is 117 Å². The molecular formula is C15H30N2O2. The summed E-state index contributed by atoms with van der Waals surface area (Å²) in [6.45, 7) is 3.86. The van der Waals surface area contributed by atoms with Gasteiger partial charge in [-0.05, 0) is 50.0 Å². The molecule has 0 radical (unpaired) electrons. The third-order valence-electron chi connectivity index (χ3n) is 4.31. The van der Waals surface area contributed by atoms with Gasteiger partial charge in [0.15, 0.2) is 0 Å². The third-order valence-corrected chi connectivity index (χ3v) is 4.31. The van der Waals surface area contributed by atoms with Crippen molar-refractivity contribution in [1.82, 2.24) is 5.32 Å². The average Bonchev–Trinajstić information content (AvgIpc) is 3.15. The number of amides is 1. The van der Waals surface area contributed by atoms with Gasteiger partial charge in [0, 0.05) is 19.6 Å². The van der Waals surface area contributed by atoms with Gasteiger partial charge in [0.25, 0.3) is 0 Å². The van der Waals surface area contributed by atoms with Crippen LogP contribution in [0.15, 0.2) is 0 Å². The van der Waals surface area contributed by atoms with Crippen LogP contribution >= 0.6 is 0 Å². The van der Waals surface area contributed by atoms with Crippen molar-refractivity contribution in [2.75, 3.05) is 19.7 Å². The van der Waals surface area contributed by atoms with E-state index in [2.05, 4.69) is 12.2 Å². The second kappa shape index (κ2) is 8.54. The predicted octanol–water partition coefficient (Wildman–Crippen LogP) is 1.81. The van der Waals surface area contributed by atoms with Crippen LogP contribution in [0.3, 0.4) is 0 Å². The lowest BCUT2D eigenvalue weighted by molar-refractivity contribution is -0.121. The van der Waals surface area contributed by atoms with E-state index in [-0.39, 0.29) is 17.9 Å². The van der Waals surface area contributed by atoms with E-state index in [1.165, 1.54) is 6.42 Å². The van der Waals surface area contributed by atoms with Gasteiger partial charge >= 0.3 is 0 Å². The molecule has 1 aliphatic carbocycles. The van der Waals surface area contributed by atoms with Crippen molar-refractivity contribution in [2.45, 2.75) is 58.3 Å². The minimum absolute atomic E-state index is 0.155. The van der Waals surface area contributed by atoms with Gasteiger partial charge in [0.05, 0.1) is 0 Å². The fourth-order valence-corrected chi connectivity index (χ4v) is 2.72. The molecule has 0 spiro atoms. The first-order chi connectivity index (χ1) is 9.15. The lowest BCUT2D eigenvalue weighted by Gasteiger charge is -2.17. The van der Waals surface area contributed by atoms with Crippen LogP contribution in [0.2, 0.25) is 0 Å². The Bertz CT molecular complexity index is 259. The Morgan fingerprint density at radius 2 is 2.11 bits per heavy atom. The molecule has 112 valence electrons. The maximum Gasteiger partial charge on any atom is 0.220 e. The summed E-state index contributed by atoms with van der Waals surface area (Å²) in [5.41, 5.74) is 5.81. The summed E-state index contributed by atoms with van der Waals surface area (Å²) in [7, 11) is 0. The lowest BCUT2D eigenvalue weighted by atomic mass is 9.94. The molecule has 4 nitrogen and oxygen atoms in total. The molecule has 1 unspecified atom stereocenters. The molecule has 1 aliphatic rings. The summed E-state index contributed by atoms with van der Waals surface area (Å²) >= 11 is 0. The van der Waals surface area contributed by atoms with Crippen LogP contribution in [-0.2, 0) is 4.79 Å². The number of hydrogen-bond donors (Lipinski definition) is 3. The van der Waals surface area contributed by atoms with Gasteiger partial charge in [-0.15, -0.1) is 0 Å². The van der Waals surface area contributed by atoms with E-state index in [1.54, 1.807) is 0 Å². The van der Waals surface area contributed by atoms with E-state index >= 15 is 0 Å². The van der Waals surface area contributed by atoms with E-state index in [0.717, 1.165) is 45.1 Å². The van der Waals surface area contributed by atoms with Crippen molar-refractivity contribution >= 4 is 5.91 Å². The zero-order valence-electron chi connectivity index (χ0n) is 12.3. The molecule has 1 saturated carbocycles. The molecule has 4 N–H and O–H groups in total. The Morgan fingerprint density at radius 3 is 2.63 bits per heavy atom. The molecule has 0 aliphatic heterocycles. The second-order valence-electron chi connectivity index (χ2n) is 6.02. The average molecular weight is 270 g/mol. The number of carbonyl (C=O) groups is 1. The molecule has 0 aromatic rings. The molecule has 1 atom stereocenters. The minimum atomic E-state index is 0.155. The van der Waals surface area contributed by atoms with Crippen LogP contribution in [0.5, 0.6) is 0 Å². The molecule has 19 heavy (non-hydrogen) atoms. The number of nitrogens with two attached hydrogens (primary N) is 1. The SMILES string of the molecule is CCCC(CCN)CCC(=O)NCC1(CCO)CC1. The highest BCUT2D eigenvalue weighted by atomic mass is 16.3. The van der Waals surface area contributed by atoms with Crippen LogP contribution in [0.1, 0.15) is 58.3 Å². The van der Waals surface area contributed by atoms with Crippen molar-refractivity contribution in [3.05, 3.63) is 0 Å². The van der Waals surface area contributed by atoms with Crippen LogP contribution in [-0.4, -0.2) is 30.7 Å². The summed E-state index contributed by atoms with van der Waals surface area (Å²) in [5, 5.41) is 12.0. The number of aliphatic hydroxyl groups excluding tert-OH is 1. The van der Waals surface area contributed by atoms with Gasteiger partial charge in [-0.25, -0.2) is 0 Å². The van der Waals surface area contributed by atoms with Crippen LogP contribution in [0.25, 0.3) is 0 Å². The monoisotopic (exact) mass is 270 g/mol. The molecule has 1 amide bonds. The summed E-state index contributed by atoms with van der Waals surface area (Å²) < 4.78 is 0. The van der Waals surface area contributed by atoms with Gasteiger partial charge in [-0.2, -0.15) is 0 Å². The summed E-state index contributed by atoms with van der Waals surface area (Å²) in [4.78, 5) is 11.8. The Hall–Kier alpha value is -0.610. The first-order valence-electron chi connectivity index (χ1n) is 7.73. The zero-order valence-corrected chi connectivity index (χ0v) is 12.3. The van der Waals surface area contributed by atoms with Crippen molar-refractivity contribution in [3.63, 3.8) is 0 Å². The highest BCUT2D eigenvalue weighted by Crippen LogP contribution is 2.47. The Morgan fingerprint density at radius 1 is 1.37 bits per heavy atom. The topological polar surface area (TPSA) is 75.4 Å². The van der Waals surface area contributed by atoms with E-state index in [9.17, 15) is 4.79 Å². The van der Waals surface area contributed by atoms with Crippen molar-refractivity contribution in [3.8, 4) is 0 Å². The minimum Gasteiger partial charge on any atom is -0.396 e. The molecule has 0 aromatic heterocycles. The highest BCUT2D eigenvalue weighted by Gasteiger charge is 2.41. The van der Waals surface area contributed by atoms with E-state index in [4.69, 9.17) is 10.8 Å². The largest absolute Gasteiger partial charge is 0.396 e. The van der Waals surface area contributed by atoms with Crippen LogP contribution in [0.4, 0.5) is 0 Å². The molecule has 0 bridgehead atoms. The molecule has 1 rings (SSSR count). The standard InChI is InChI=1S/C15H30N2O2/c1-2-3-13(6-10-16)4-5-14(19)17-12-15(7-8-15)9-11-18/h13,18H,2-12,16H2,1H3,(H,17,19). The molecule has 0 heterocycles. The quantitative estimate of drug-likeness (QED) is 0.536. The zero-order chi connectivity index (χ0) is 14.1. The smallest absolute Gasteiger partial charge is 0.220 e. The van der Waals surface area contributed by atoms with Crippen molar-refractivity contribution in [1.29, 1.82) is 0 Å². The normalized spacial score (nSPS) is 18.1. The van der Waals surface area contributed by atoms with Crippen LogP contribution < -0.4 is 11.1 Å². The van der Waals surface area contributed by atoms with E-state index in [1.807, 2.05) is 0 Å².